The van der Waals surface area contributed by atoms with Crippen molar-refractivity contribution in [3.63, 3.8) is 0 Å². The number of carbonyl (C=O) groups is 1. The molecule has 0 aromatic carbocycles. The van der Waals surface area contributed by atoms with Gasteiger partial charge in [-0.2, -0.15) is 0 Å². The highest BCUT2D eigenvalue weighted by molar-refractivity contribution is 7.07. The Morgan fingerprint density at radius 1 is 1.53 bits per heavy atom. The molecular formula is C12H11ClN2O3S. The number of esters is 1. The summed E-state index contributed by atoms with van der Waals surface area (Å²) in [5, 5.41) is 2.02. The van der Waals surface area contributed by atoms with E-state index in [2.05, 4.69) is 4.98 Å². The molecular weight excluding hydrogens is 288 g/mol. The SMILES string of the molecule is CCOC(=O)c1csc(=O)n1Cc1ccc(Cl)cn1. The van der Waals surface area contributed by atoms with Gasteiger partial charge in [0, 0.05) is 11.6 Å². The topological polar surface area (TPSA) is 61.2 Å². The Hall–Kier alpha value is -1.66. The van der Waals surface area contributed by atoms with E-state index in [0.29, 0.717) is 10.7 Å². The van der Waals surface area contributed by atoms with Crippen LogP contribution in [0.1, 0.15) is 23.1 Å². The van der Waals surface area contributed by atoms with Gasteiger partial charge in [0.1, 0.15) is 5.69 Å². The van der Waals surface area contributed by atoms with Gasteiger partial charge < -0.3 is 4.74 Å². The summed E-state index contributed by atoms with van der Waals surface area (Å²) in [4.78, 5) is 27.3. The van der Waals surface area contributed by atoms with Crippen LogP contribution in [0.15, 0.2) is 28.5 Å². The summed E-state index contributed by atoms with van der Waals surface area (Å²) in [5.41, 5.74) is 0.893. The Bertz CT molecular complexity index is 633. The normalized spacial score (nSPS) is 10.4. The van der Waals surface area contributed by atoms with E-state index in [1.54, 1.807) is 19.1 Å². The van der Waals surface area contributed by atoms with Gasteiger partial charge in [0.2, 0.25) is 0 Å². The number of ether oxygens (including phenoxy) is 1. The molecule has 0 saturated heterocycles. The second-order valence-corrected chi connectivity index (χ2v) is 4.92. The van der Waals surface area contributed by atoms with Crippen molar-refractivity contribution in [2.75, 3.05) is 6.61 Å². The fourth-order valence-corrected chi connectivity index (χ4v) is 2.34. The summed E-state index contributed by atoms with van der Waals surface area (Å²) in [6.45, 7) is 2.20. The highest BCUT2D eigenvalue weighted by atomic mass is 35.5. The Labute approximate surface area is 118 Å². The van der Waals surface area contributed by atoms with E-state index in [4.69, 9.17) is 16.3 Å². The molecule has 0 spiro atoms. The third-order valence-corrected chi connectivity index (χ3v) is 3.36. The van der Waals surface area contributed by atoms with Gasteiger partial charge in [0.15, 0.2) is 0 Å². The molecule has 0 atom stereocenters. The average Bonchev–Trinajstić information content (AvgIpc) is 2.74. The number of aromatic nitrogens is 2. The number of carbonyl (C=O) groups excluding carboxylic acids is 1. The molecule has 0 radical (unpaired) electrons. The molecule has 0 amide bonds. The van der Waals surface area contributed by atoms with Crippen molar-refractivity contribution in [1.82, 2.24) is 9.55 Å². The highest BCUT2D eigenvalue weighted by Crippen LogP contribution is 2.10. The maximum absolute atomic E-state index is 11.7. The first kappa shape index (κ1) is 13.8. The van der Waals surface area contributed by atoms with Gasteiger partial charge in [-0.05, 0) is 19.1 Å². The van der Waals surface area contributed by atoms with E-state index in [1.807, 2.05) is 0 Å². The van der Waals surface area contributed by atoms with Gasteiger partial charge in [-0.1, -0.05) is 22.9 Å². The Balaban J connectivity index is 2.29. The number of hydrogen-bond donors (Lipinski definition) is 0. The predicted molar refractivity (Wildman–Crippen MR) is 72.9 cm³/mol. The van der Waals surface area contributed by atoms with Crippen molar-refractivity contribution >= 4 is 28.9 Å². The molecule has 2 heterocycles. The minimum absolute atomic E-state index is 0.216. The van der Waals surface area contributed by atoms with Crippen LogP contribution < -0.4 is 4.87 Å². The molecule has 19 heavy (non-hydrogen) atoms. The molecule has 0 aliphatic heterocycles. The van der Waals surface area contributed by atoms with Crippen LogP contribution >= 0.6 is 22.9 Å². The van der Waals surface area contributed by atoms with E-state index in [-0.39, 0.29) is 23.7 Å². The molecule has 0 fully saturated rings. The second-order valence-electron chi connectivity index (χ2n) is 3.66. The zero-order valence-electron chi connectivity index (χ0n) is 10.1. The van der Waals surface area contributed by atoms with Crippen LogP contribution in [0, 0.1) is 0 Å². The molecule has 7 heteroatoms. The Morgan fingerprint density at radius 2 is 2.32 bits per heavy atom. The molecule has 2 rings (SSSR count). The molecule has 0 saturated carbocycles. The summed E-state index contributed by atoms with van der Waals surface area (Å²) < 4.78 is 6.25. The first-order valence-corrected chi connectivity index (χ1v) is 6.83. The zero-order valence-corrected chi connectivity index (χ0v) is 11.7. The Kier molecular flexibility index (Phi) is 4.34. The molecule has 100 valence electrons. The summed E-state index contributed by atoms with van der Waals surface area (Å²) in [7, 11) is 0. The van der Waals surface area contributed by atoms with Crippen LogP contribution in [-0.4, -0.2) is 22.1 Å². The van der Waals surface area contributed by atoms with Gasteiger partial charge in [0.05, 0.1) is 23.9 Å². The standard InChI is InChI=1S/C12H11ClN2O3S/c1-2-18-11(16)10-7-19-12(17)15(10)6-9-4-3-8(13)5-14-9/h3-5,7H,2,6H2,1H3. The molecule has 0 unspecified atom stereocenters. The lowest BCUT2D eigenvalue weighted by Gasteiger charge is -2.06. The number of halogens is 1. The monoisotopic (exact) mass is 298 g/mol. The summed E-state index contributed by atoms with van der Waals surface area (Å²) >= 11 is 6.71. The smallest absolute Gasteiger partial charge is 0.355 e. The third-order valence-electron chi connectivity index (χ3n) is 2.38. The lowest BCUT2D eigenvalue weighted by atomic mass is 10.3. The molecule has 0 aliphatic rings. The fourth-order valence-electron chi connectivity index (χ4n) is 1.51. The summed E-state index contributed by atoms with van der Waals surface area (Å²) in [6, 6.07) is 3.40. The lowest BCUT2D eigenvalue weighted by molar-refractivity contribution is 0.0514. The highest BCUT2D eigenvalue weighted by Gasteiger charge is 2.16. The first-order chi connectivity index (χ1) is 9.11. The number of nitrogens with zero attached hydrogens (tertiary/aromatic N) is 2. The minimum Gasteiger partial charge on any atom is -0.461 e. The molecule has 5 nitrogen and oxygen atoms in total. The lowest BCUT2D eigenvalue weighted by Crippen LogP contribution is -2.21. The molecule has 2 aromatic heterocycles. The fraction of sp³-hybridized carbons (Fsp3) is 0.250. The van der Waals surface area contributed by atoms with Crippen LogP contribution in [0.25, 0.3) is 0 Å². The van der Waals surface area contributed by atoms with E-state index in [9.17, 15) is 9.59 Å². The average molecular weight is 299 g/mol. The second kappa shape index (κ2) is 5.99. The number of rotatable bonds is 4. The largest absolute Gasteiger partial charge is 0.461 e. The van der Waals surface area contributed by atoms with E-state index in [1.165, 1.54) is 16.1 Å². The van der Waals surface area contributed by atoms with Crippen molar-refractivity contribution in [1.29, 1.82) is 0 Å². The summed E-state index contributed by atoms with van der Waals surface area (Å²) in [5.74, 6) is -0.505. The summed E-state index contributed by atoms with van der Waals surface area (Å²) in [6.07, 6.45) is 1.50. The van der Waals surface area contributed by atoms with Gasteiger partial charge in [-0.15, -0.1) is 0 Å². The maximum Gasteiger partial charge on any atom is 0.355 e. The van der Waals surface area contributed by atoms with Gasteiger partial charge in [-0.25, -0.2) is 4.79 Å². The van der Waals surface area contributed by atoms with Crippen LogP contribution in [0.3, 0.4) is 0 Å². The van der Waals surface area contributed by atoms with Gasteiger partial charge in [-0.3, -0.25) is 14.3 Å². The van der Waals surface area contributed by atoms with E-state index < -0.39 is 5.97 Å². The molecule has 0 aliphatic carbocycles. The quantitative estimate of drug-likeness (QED) is 0.812. The third kappa shape index (κ3) is 3.21. The predicted octanol–water partition coefficient (Wildman–Crippen LogP) is 2.18. The van der Waals surface area contributed by atoms with Gasteiger partial charge >= 0.3 is 10.8 Å². The molecule has 0 N–H and O–H groups in total. The van der Waals surface area contributed by atoms with Crippen LogP contribution in [-0.2, 0) is 11.3 Å². The van der Waals surface area contributed by atoms with Crippen molar-refractivity contribution in [3.8, 4) is 0 Å². The van der Waals surface area contributed by atoms with Crippen molar-refractivity contribution < 1.29 is 9.53 Å². The maximum atomic E-state index is 11.7. The van der Waals surface area contributed by atoms with Crippen molar-refractivity contribution in [2.45, 2.75) is 13.5 Å². The molecule has 0 bridgehead atoms. The van der Waals surface area contributed by atoms with Crippen LogP contribution in [0.2, 0.25) is 5.02 Å². The van der Waals surface area contributed by atoms with Crippen molar-refractivity contribution in [2.24, 2.45) is 0 Å². The van der Waals surface area contributed by atoms with Crippen molar-refractivity contribution in [3.05, 3.63) is 49.8 Å². The van der Waals surface area contributed by atoms with Gasteiger partial charge in [0.25, 0.3) is 0 Å². The number of pyridine rings is 1. The molecule has 2 aromatic rings. The van der Waals surface area contributed by atoms with Crippen LogP contribution in [0.4, 0.5) is 0 Å². The number of hydrogen-bond acceptors (Lipinski definition) is 5. The minimum atomic E-state index is -0.505. The first-order valence-electron chi connectivity index (χ1n) is 5.57. The van der Waals surface area contributed by atoms with Crippen LogP contribution in [0.5, 0.6) is 0 Å². The zero-order chi connectivity index (χ0) is 13.8. The van der Waals surface area contributed by atoms with E-state index >= 15 is 0 Å². The van der Waals surface area contributed by atoms with E-state index in [0.717, 1.165) is 11.3 Å². The number of thiazole rings is 1. The Morgan fingerprint density at radius 3 is 2.95 bits per heavy atom.